The lowest BCUT2D eigenvalue weighted by molar-refractivity contribution is 0.0695. The first-order chi connectivity index (χ1) is 10.0. The van der Waals surface area contributed by atoms with Crippen LogP contribution in [0.25, 0.3) is 0 Å². The molecule has 1 aromatic heterocycles. The number of rotatable bonds is 5. The summed E-state index contributed by atoms with van der Waals surface area (Å²) in [5.41, 5.74) is 0.850. The number of nitrogens with zero attached hydrogens (tertiary/aromatic N) is 1. The topological polar surface area (TPSA) is 80.0 Å². The van der Waals surface area contributed by atoms with Gasteiger partial charge in [-0.25, -0.2) is 4.79 Å². The van der Waals surface area contributed by atoms with E-state index in [-0.39, 0.29) is 17.2 Å². The summed E-state index contributed by atoms with van der Waals surface area (Å²) < 4.78 is 10.1. The van der Waals surface area contributed by atoms with Gasteiger partial charge in [0.25, 0.3) is 5.91 Å². The van der Waals surface area contributed by atoms with E-state index in [2.05, 4.69) is 0 Å². The SMILES string of the molecule is COc1cccc(CN(C)C(=O)c2cc(C(=O)O)co2)c1. The molecule has 0 aliphatic rings. The number of carbonyl (C=O) groups excluding carboxylic acids is 1. The highest BCUT2D eigenvalue weighted by atomic mass is 16.5. The molecule has 0 atom stereocenters. The zero-order valence-electron chi connectivity index (χ0n) is 11.7. The zero-order valence-corrected chi connectivity index (χ0v) is 11.7. The van der Waals surface area contributed by atoms with E-state index in [0.29, 0.717) is 12.3 Å². The van der Waals surface area contributed by atoms with Gasteiger partial charge in [-0.2, -0.15) is 0 Å². The van der Waals surface area contributed by atoms with Crippen molar-refractivity contribution in [3.8, 4) is 5.75 Å². The van der Waals surface area contributed by atoms with Crippen molar-refractivity contribution in [3.05, 3.63) is 53.5 Å². The number of carboxylic acids is 1. The molecular formula is C15H15NO5. The standard InChI is InChI=1S/C15H15NO5/c1-16(8-10-4-3-5-12(6-10)20-2)14(17)13-7-11(9-21-13)15(18)19/h3-7,9H,8H2,1-2H3,(H,18,19). The molecule has 110 valence electrons. The van der Waals surface area contributed by atoms with Crippen molar-refractivity contribution in [1.29, 1.82) is 0 Å². The van der Waals surface area contributed by atoms with Gasteiger partial charge in [0, 0.05) is 19.7 Å². The molecule has 6 nitrogen and oxygen atoms in total. The van der Waals surface area contributed by atoms with Gasteiger partial charge in [0.15, 0.2) is 5.76 Å². The first-order valence-electron chi connectivity index (χ1n) is 6.21. The predicted octanol–water partition coefficient (Wildman–Crippen LogP) is 2.26. The van der Waals surface area contributed by atoms with Crippen LogP contribution in [0.15, 0.2) is 41.0 Å². The number of furan rings is 1. The van der Waals surface area contributed by atoms with E-state index in [1.54, 1.807) is 14.2 Å². The monoisotopic (exact) mass is 289 g/mol. The van der Waals surface area contributed by atoms with E-state index in [1.807, 2.05) is 24.3 Å². The van der Waals surface area contributed by atoms with Gasteiger partial charge in [-0.15, -0.1) is 0 Å². The summed E-state index contributed by atoms with van der Waals surface area (Å²) in [7, 11) is 3.19. The highest BCUT2D eigenvalue weighted by molar-refractivity contribution is 5.95. The van der Waals surface area contributed by atoms with Crippen molar-refractivity contribution in [2.24, 2.45) is 0 Å². The lowest BCUT2D eigenvalue weighted by atomic mass is 10.2. The van der Waals surface area contributed by atoms with E-state index >= 15 is 0 Å². The summed E-state index contributed by atoms with van der Waals surface area (Å²) in [4.78, 5) is 24.4. The highest BCUT2D eigenvalue weighted by Gasteiger charge is 2.18. The van der Waals surface area contributed by atoms with Crippen LogP contribution in [0, 0.1) is 0 Å². The van der Waals surface area contributed by atoms with Crippen molar-refractivity contribution >= 4 is 11.9 Å². The molecule has 0 saturated heterocycles. The quantitative estimate of drug-likeness (QED) is 0.913. The minimum Gasteiger partial charge on any atom is -0.497 e. The van der Waals surface area contributed by atoms with Crippen LogP contribution in [0.5, 0.6) is 5.75 Å². The fourth-order valence-corrected chi connectivity index (χ4v) is 1.87. The third kappa shape index (κ3) is 3.42. The normalized spacial score (nSPS) is 10.2. The van der Waals surface area contributed by atoms with E-state index in [9.17, 15) is 9.59 Å². The van der Waals surface area contributed by atoms with Crippen LogP contribution >= 0.6 is 0 Å². The molecule has 0 aliphatic heterocycles. The lowest BCUT2D eigenvalue weighted by Gasteiger charge is -2.16. The molecule has 2 aromatic rings. The molecule has 0 bridgehead atoms. The molecule has 0 saturated carbocycles. The van der Waals surface area contributed by atoms with Gasteiger partial charge < -0.3 is 19.2 Å². The molecule has 1 amide bonds. The Morgan fingerprint density at radius 1 is 1.33 bits per heavy atom. The fourth-order valence-electron chi connectivity index (χ4n) is 1.87. The Morgan fingerprint density at radius 3 is 2.71 bits per heavy atom. The molecule has 21 heavy (non-hydrogen) atoms. The minimum atomic E-state index is -1.13. The Balaban J connectivity index is 2.09. The summed E-state index contributed by atoms with van der Waals surface area (Å²) in [6, 6.07) is 8.57. The Kier molecular flexibility index (Phi) is 4.27. The smallest absolute Gasteiger partial charge is 0.338 e. The van der Waals surface area contributed by atoms with Crippen LogP contribution in [0.2, 0.25) is 0 Å². The van der Waals surface area contributed by atoms with Gasteiger partial charge in [-0.3, -0.25) is 4.79 Å². The second-order valence-electron chi connectivity index (χ2n) is 4.52. The van der Waals surface area contributed by atoms with Gasteiger partial charge in [0.05, 0.1) is 12.7 Å². The molecule has 1 N–H and O–H groups in total. The Hall–Kier alpha value is -2.76. The number of ether oxygens (including phenoxy) is 1. The van der Waals surface area contributed by atoms with Crippen LogP contribution in [0.1, 0.15) is 26.5 Å². The summed E-state index contributed by atoms with van der Waals surface area (Å²) in [6.07, 6.45) is 1.05. The number of amides is 1. The molecule has 0 unspecified atom stereocenters. The van der Waals surface area contributed by atoms with Crippen molar-refractivity contribution in [2.45, 2.75) is 6.54 Å². The number of methoxy groups -OCH3 is 1. The number of carbonyl (C=O) groups is 2. The number of benzene rings is 1. The van der Waals surface area contributed by atoms with Crippen molar-refractivity contribution in [1.82, 2.24) is 4.90 Å². The fraction of sp³-hybridized carbons (Fsp3) is 0.200. The maximum atomic E-state index is 12.1. The van der Waals surface area contributed by atoms with E-state index in [1.165, 1.54) is 11.0 Å². The van der Waals surface area contributed by atoms with Crippen molar-refractivity contribution < 1.29 is 23.8 Å². The average Bonchev–Trinajstić information content (AvgIpc) is 2.96. The summed E-state index contributed by atoms with van der Waals surface area (Å²) in [5.74, 6) is -0.809. The van der Waals surface area contributed by atoms with E-state index in [0.717, 1.165) is 11.8 Å². The third-order valence-corrected chi connectivity index (χ3v) is 2.96. The van der Waals surface area contributed by atoms with Crippen LogP contribution in [0.4, 0.5) is 0 Å². The van der Waals surface area contributed by atoms with Gasteiger partial charge in [0.1, 0.15) is 12.0 Å². The largest absolute Gasteiger partial charge is 0.497 e. The maximum Gasteiger partial charge on any atom is 0.338 e. The Morgan fingerprint density at radius 2 is 2.10 bits per heavy atom. The number of hydrogen-bond donors (Lipinski definition) is 1. The Bertz CT molecular complexity index is 662. The molecular weight excluding hydrogens is 274 g/mol. The third-order valence-electron chi connectivity index (χ3n) is 2.96. The minimum absolute atomic E-state index is 0.00204. The second-order valence-corrected chi connectivity index (χ2v) is 4.52. The molecule has 1 aromatic carbocycles. The number of carboxylic acid groups (broad SMARTS) is 1. The van der Waals surface area contributed by atoms with E-state index < -0.39 is 5.97 Å². The first-order valence-corrected chi connectivity index (χ1v) is 6.21. The van der Waals surface area contributed by atoms with Crippen LogP contribution in [-0.4, -0.2) is 36.0 Å². The number of hydrogen-bond acceptors (Lipinski definition) is 4. The average molecular weight is 289 g/mol. The van der Waals surface area contributed by atoms with Crippen LogP contribution in [0.3, 0.4) is 0 Å². The molecule has 6 heteroatoms. The molecule has 2 rings (SSSR count). The van der Waals surface area contributed by atoms with Gasteiger partial charge in [-0.1, -0.05) is 12.1 Å². The first kappa shape index (κ1) is 14.6. The summed E-state index contributed by atoms with van der Waals surface area (Å²) in [6.45, 7) is 0.360. The molecule has 0 fully saturated rings. The van der Waals surface area contributed by atoms with Crippen molar-refractivity contribution in [3.63, 3.8) is 0 Å². The maximum absolute atomic E-state index is 12.1. The van der Waals surface area contributed by atoms with Crippen LogP contribution in [-0.2, 0) is 6.54 Å². The molecule has 0 aliphatic carbocycles. The van der Waals surface area contributed by atoms with Gasteiger partial charge in [0.2, 0.25) is 0 Å². The summed E-state index contributed by atoms with van der Waals surface area (Å²) >= 11 is 0. The Labute approximate surface area is 121 Å². The van der Waals surface area contributed by atoms with E-state index in [4.69, 9.17) is 14.3 Å². The lowest BCUT2D eigenvalue weighted by Crippen LogP contribution is -2.25. The van der Waals surface area contributed by atoms with Gasteiger partial charge >= 0.3 is 5.97 Å². The molecule has 1 heterocycles. The number of aromatic carboxylic acids is 1. The van der Waals surface area contributed by atoms with Gasteiger partial charge in [-0.05, 0) is 17.7 Å². The molecule has 0 radical (unpaired) electrons. The molecule has 0 spiro atoms. The summed E-state index contributed by atoms with van der Waals surface area (Å²) in [5, 5.41) is 8.81. The van der Waals surface area contributed by atoms with Crippen molar-refractivity contribution in [2.75, 3.05) is 14.2 Å². The second kappa shape index (κ2) is 6.13. The van der Waals surface area contributed by atoms with Crippen LogP contribution < -0.4 is 4.74 Å². The predicted molar refractivity (Wildman–Crippen MR) is 74.5 cm³/mol. The zero-order chi connectivity index (χ0) is 15.4. The highest BCUT2D eigenvalue weighted by Crippen LogP contribution is 2.16.